The Morgan fingerprint density at radius 3 is 2.65 bits per heavy atom. The summed E-state index contributed by atoms with van der Waals surface area (Å²) >= 11 is 6.25. The summed E-state index contributed by atoms with van der Waals surface area (Å²) in [5.41, 5.74) is 2.38. The molecular weight excluding hydrogens is 579 g/mol. The van der Waals surface area contributed by atoms with Crippen LogP contribution in [0, 0.1) is 0 Å². The molecule has 1 aliphatic heterocycles. The fourth-order valence-corrected chi connectivity index (χ4v) is 5.70. The highest BCUT2D eigenvalue weighted by Gasteiger charge is 2.38. The lowest BCUT2D eigenvalue weighted by molar-refractivity contribution is -0.137. The van der Waals surface area contributed by atoms with Crippen LogP contribution in [-0.4, -0.2) is 47.5 Å². The number of hydrogen-bond acceptors (Lipinski definition) is 5. The molecule has 12 heteroatoms. The molecule has 1 fully saturated rings. The van der Waals surface area contributed by atoms with Crippen LogP contribution in [0.1, 0.15) is 47.3 Å². The zero-order valence-electron chi connectivity index (χ0n) is 22.6. The predicted molar refractivity (Wildman–Crippen MR) is 155 cm³/mol. The van der Waals surface area contributed by atoms with E-state index < -0.39 is 17.8 Å². The van der Waals surface area contributed by atoms with Crippen molar-refractivity contribution in [2.75, 3.05) is 6.54 Å². The second kappa shape index (κ2) is 11.8. The Labute approximate surface area is 249 Å². The molecule has 1 amide bonds. The van der Waals surface area contributed by atoms with E-state index in [0.29, 0.717) is 39.9 Å². The van der Waals surface area contributed by atoms with Gasteiger partial charge < -0.3 is 9.88 Å². The lowest BCUT2D eigenvalue weighted by atomic mass is 9.83. The Hall–Kier alpha value is -4.77. The Balaban J connectivity index is 1.36. The summed E-state index contributed by atoms with van der Waals surface area (Å²) in [5, 5.41) is 11.8. The molecule has 2 atom stereocenters. The highest BCUT2D eigenvalue weighted by atomic mass is 35.5. The molecule has 6 rings (SSSR count). The molecule has 0 saturated carbocycles. The minimum Gasteiger partial charge on any atom is -0.340 e. The number of piperidine rings is 1. The third kappa shape index (κ3) is 6.07. The first-order chi connectivity index (χ1) is 20.8. The molecule has 5 aromatic rings. The zero-order chi connectivity index (χ0) is 30.0. The molecule has 8 nitrogen and oxygen atoms in total. The number of imidazole rings is 1. The molecule has 2 aromatic heterocycles. The monoisotopic (exact) mass is 603 g/mol. The van der Waals surface area contributed by atoms with Gasteiger partial charge in [-0.2, -0.15) is 17.9 Å². The molecule has 3 aromatic carbocycles. The number of amides is 1. The minimum absolute atomic E-state index is 0.0873. The van der Waals surface area contributed by atoms with E-state index in [-0.39, 0.29) is 11.8 Å². The van der Waals surface area contributed by atoms with Crippen LogP contribution in [0.25, 0.3) is 23.0 Å². The first kappa shape index (κ1) is 28.4. The second-order valence-corrected chi connectivity index (χ2v) is 10.6. The number of nitrogens with zero attached hydrogens (tertiary/aromatic N) is 6. The van der Waals surface area contributed by atoms with Crippen molar-refractivity contribution in [3.63, 3.8) is 0 Å². The molecule has 1 saturated heterocycles. The van der Waals surface area contributed by atoms with Crippen molar-refractivity contribution in [2.24, 2.45) is 0 Å². The Kier molecular flexibility index (Phi) is 7.81. The summed E-state index contributed by atoms with van der Waals surface area (Å²) in [4.78, 5) is 23.4. The van der Waals surface area contributed by atoms with Crippen molar-refractivity contribution >= 4 is 23.6 Å². The van der Waals surface area contributed by atoms with Gasteiger partial charge in [0, 0.05) is 34.7 Å². The van der Waals surface area contributed by atoms with Crippen molar-refractivity contribution in [3.8, 4) is 16.9 Å². The molecule has 0 radical (unpaired) electrons. The summed E-state index contributed by atoms with van der Waals surface area (Å²) < 4.78 is 41.6. The van der Waals surface area contributed by atoms with Crippen molar-refractivity contribution in [3.05, 3.63) is 119 Å². The molecule has 0 bridgehead atoms. The Bertz CT molecular complexity index is 1750. The molecule has 0 spiro atoms. The van der Waals surface area contributed by atoms with Gasteiger partial charge in [-0.25, -0.2) is 4.98 Å². The number of hydrogen-bond donors (Lipinski definition) is 1. The van der Waals surface area contributed by atoms with E-state index in [0.717, 1.165) is 30.5 Å². The zero-order valence-corrected chi connectivity index (χ0v) is 23.4. The second-order valence-electron chi connectivity index (χ2n) is 10.2. The number of aromatic amines is 1. The predicted octanol–water partition coefficient (Wildman–Crippen LogP) is 6.89. The van der Waals surface area contributed by atoms with Crippen LogP contribution in [0.2, 0.25) is 5.02 Å². The van der Waals surface area contributed by atoms with Gasteiger partial charge in [0.2, 0.25) is 5.91 Å². The summed E-state index contributed by atoms with van der Waals surface area (Å²) in [7, 11) is 0. The average Bonchev–Trinajstić information content (AvgIpc) is 3.73. The first-order valence-corrected chi connectivity index (χ1v) is 13.9. The maximum Gasteiger partial charge on any atom is 0.416 e. The smallest absolute Gasteiger partial charge is 0.340 e. The third-order valence-corrected chi connectivity index (χ3v) is 7.74. The molecule has 3 heterocycles. The lowest BCUT2D eigenvalue weighted by Crippen LogP contribution is -2.41. The van der Waals surface area contributed by atoms with Crippen LogP contribution in [0.15, 0.2) is 91.4 Å². The average molecular weight is 604 g/mol. The maximum atomic E-state index is 13.8. The number of tetrazole rings is 1. The van der Waals surface area contributed by atoms with Crippen molar-refractivity contribution in [1.82, 2.24) is 35.1 Å². The molecule has 0 aliphatic carbocycles. The van der Waals surface area contributed by atoms with Gasteiger partial charge in [0.15, 0.2) is 0 Å². The number of halogens is 4. The van der Waals surface area contributed by atoms with Gasteiger partial charge in [0.25, 0.3) is 0 Å². The van der Waals surface area contributed by atoms with Gasteiger partial charge in [-0.15, -0.1) is 5.10 Å². The number of H-pyrrole nitrogens is 1. The number of likely N-dealkylation sites (tertiary alicyclic amines) is 1. The van der Waals surface area contributed by atoms with Crippen LogP contribution in [0.4, 0.5) is 13.2 Å². The quantitative estimate of drug-likeness (QED) is 0.214. The number of nitrogens with one attached hydrogen (secondary N) is 1. The van der Waals surface area contributed by atoms with Crippen LogP contribution in [0.5, 0.6) is 0 Å². The Morgan fingerprint density at radius 1 is 1.05 bits per heavy atom. The number of carbonyl (C=O) groups is 1. The van der Waals surface area contributed by atoms with Crippen LogP contribution >= 0.6 is 11.6 Å². The lowest BCUT2D eigenvalue weighted by Gasteiger charge is -2.40. The largest absolute Gasteiger partial charge is 0.416 e. The first-order valence-electron chi connectivity index (χ1n) is 13.6. The van der Waals surface area contributed by atoms with E-state index in [4.69, 9.17) is 11.6 Å². The molecule has 2 unspecified atom stereocenters. The Morgan fingerprint density at radius 2 is 1.88 bits per heavy atom. The third-order valence-electron chi connectivity index (χ3n) is 7.51. The highest BCUT2D eigenvalue weighted by molar-refractivity contribution is 6.30. The van der Waals surface area contributed by atoms with Crippen LogP contribution < -0.4 is 0 Å². The summed E-state index contributed by atoms with van der Waals surface area (Å²) in [6.07, 6.45) is 3.23. The van der Waals surface area contributed by atoms with E-state index in [2.05, 4.69) is 25.5 Å². The molecular formula is C31H25ClF3N7O. The minimum atomic E-state index is -4.47. The summed E-state index contributed by atoms with van der Waals surface area (Å²) in [6, 6.07) is 19.7. The van der Waals surface area contributed by atoms with E-state index in [1.165, 1.54) is 29.3 Å². The van der Waals surface area contributed by atoms with Gasteiger partial charge in [-0.1, -0.05) is 54.1 Å². The van der Waals surface area contributed by atoms with Crippen molar-refractivity contribution in [2.45, 2.75) is 31.0 Å². The van der Waals surface area contributed by atoms with Gasteiger partial charge >= 0.3 is 6.18 Å². The van der Waals surface area contributed by atoms with E-state index in [1.54, 1.807) is 35.2 Å². The van der Waals surface area contributed by atoms with E-state index in [1.807, 2.05) is 30.3 Å². The van der Waals surface area contributed by atoms with Crippen molar-refractivity contribution < 1.29 is 18.0 Å². The summed E-state index contributed by atoms with van der Waals surface area (Å²) in [5.74, 6) is 0.168. The molecule has 43 heavy (non-hydrogen) atoms. The van der Waals surface area contributed by atoms with Gasteiger partial charge in [-0.05, 0) is 65.2 Å². The molecule has 218 valence electrons. The highest BCUT2D eigenvalue weighted by Crippen LogP contribution is 2.42. The van der Waals surface area contributed by atoms with Gasteiger partial charge in [-0.3, -0.25) is 4.79 Å². The van der Waals surface area contributed by atoms with E-state index in [9.17, 15) is 18.0 Å². The summed E-state index contributed by atoms with van der Waals surface area (Å²) in [6.45, 7) is 0.478. The van der Waals surface area contributed by atoms with Gasteiger partial charge in [0.1, 0.15) is 12.2 Å². The number of benzene rings is 3. The number of carbonyl (C=O) groups excluding carboxylic acids is 1. The number of rotatable bonds is 6. The SMILES string of the molecule is O=C(/C=C/c1cc(Cl)ccc1-n1cnnn1)N1CCCC(c2ccccc2)C1c1ncc(-c2cccc(C(F)(F)F)c2)[nH]1. The van der Waals surface area contributed by atoms with Crippen LogP contribution in [0.3, 0.4) is 0 Å². The number of alkyl halides is 3. The number of aromatic nitrogens is 6. The van der Waals surface area contributed by atoms with E-state index >= 15 is 0 Å². The topological polar surface area (TPSA) is 92.6 Å². The maximum absolute atomic E-state index is 13.8. The van der Waals surface area contributed by atoms with Gasteiger partial charge in [0.05, 0.1) is 29.2 Å². The van der Waals surface area contributed by atoms with Crippen molar-refractivity contribution in [1.29, 1.82) is 0 Å². The fourth-order valence-electron chi connectivity index (χ4n) is 5.52. The normalized spacial score (nSPS) is 17.4. The molecule has 1 N–H and O–H groups in total. The fraction of sp³-hybridized carbons (Fsp3) is 0.194. The van der Waals surface area contributed by atoms with Crippen LogP contribution in [-0.2, 0) is 11.0 Å². The molecule has 1 aliphatic rings. The standard InChI is InChI=1S/C31H25ClF3N7O/c32-24-12-13-27(42-19-37-39-40-42)22(17-24)11-14-28(43)41-15-5-10-25(20-6-2-1-3-7-20)29(41)30-36-18-26(38-30)21-8-4-9-23(16-21)31(33,34)35/h1-4,6-9,11-14,16-19,25,29H,5,10,15H2,(H,36,38)/b14-11+.